The number of hydrogen-bond acceptors (Lipinski definition) is 3. The molecule has 2 aromatic carbocycles. The van der Waals surface area contributed by atoms with Crippen molar-refractivity contribution < 1.29 is 18.0 Å². The van der Waals surface area contributed by atoms with E-state index in [0.717, 1.165) is 28.6 Å². The van der Waals surface area contributed by atoms with Crippen LogP contribution < -0.4 is 15.1 Å². The molecule has 1 heterocycles. The molecular formula is C25H32F3N3O. The lowest BCUT2D eigenvalue weighted by atomic mass is 9.92. The van der Waals surface area contributed by atoms with E-state index in [1.165, 1.54) is 12.1 Å². The molecule has 0 unspecified atom stereocenters. The zero-order valence-electron chi connectivity index (χ0n) is 19.4. The second kappa shape index (κ2) is 9.04. The first-order chi connectivity index (χ1) is 14.8. The van der Waals surface area contributed by atoms with Crippen molar-refractivity contribution in [1.82, 2.24) is 0 Å². The van der Waals surface area contributed by atoms with Gasteiger partial charge in [-0.25, -0.2) is 0 Å². The van der Waals surface area contributed by atoms with Crippen LogP contribution in [0, 0.1) is 19.3 Å². The van der Waals surface area contributed by atoms with Gasteiger partial charge in [0.05, 0.1) is 5.56 Å². The largest absolute Gasteiger partial charge is 0.416 e. The molecular weight excluding hydrogens is 415 g/mol. The molecule has 1 aliphatic rings. The summed E-state index contributed by atoms with van der Waals surface area (Å²) >= 11 is 0. The maximum atomic E-state index is 13.0. The third kappa shape index (κ3) is 5.96. The third-order valence-corrected chi connectivity index (χ3v) is 5.66. The van der Waals surface area contributed by atoms with Crippen molar-refractivity contribution in [2.75, 3.05) is 41.3 Å². The second-order valence-corrected chi connectivity index (χ2v) is 9.76. The van der Waals surface area contributed by atoms with Crippen LogP contribution in [0.3, 0.4) is 0 Å². The number of halogens is 3. The number of amides is 1. The van der Waals surface area contributed by atoms with Crippen LogP contribution in [0.25, 0.3) is 0 Å². The lowest BCUT2D eigenvalue weighted by molar-refractivity contribution is -0.137. The summed E-state index contributed by atoms with van der Waals surface area (Å²) < 4.78 is 39.1. The van der Waals surface area contributed by atoms with Gasteiger partial charge in [-0.3, -0.25) is 4.79 Å². The van der Waals surface area contributed by atoms with E-state index in [1.54, 1.807) is 6.07 Å². The number of rotatable bonds is 4. The second-order valence-electron chi connectivity index (χ2n) is 9.76. The minimum absolute atomic E-state index is 0.00570. The molecule has 0 saturated carbocycles. The van der Waals surface area contributed by atoms with Gasteiger partial charge in [0.1, 0.15) is 0 Å². The predicted octanol–water partition coefficient (Wildman–Crippen LogP) is 6.02. The molecule has 1 N–H and O–H groups in total. The Bertz CT molecular complexity index is 948. The monoisotopic (exact) mass is 447 g/mol. The van der Waals surface area contributed by atoms with Gasteiger partial charge in [0.25, 0.3) is 0 Å². The summed E-state index contributed by atoms with van der Waals surface area (Å²) in [4.78, 5) is 16.6. The molecule has 0 atom stereocenters. The Morgan fingerprint density at radius 1 is 0.906 bits per heavy atom. The lowest BCUT2D eigenvalue weighted by Gasteiger charge is -2.38. The van der Waals surface area contributed by atoms with Crippen molar-refractivity contribution in [2.24, 2.45) is 5.41 Å². The van der Waals surface area contributed by atoms with Gasteiger partial charge in [-0.2, -0.15) is 13.2 Å². The Hall–Kier alpha value is -2.70. The maximum Gasteiger partial charge on any atom is 0.416 e. The van der Waals surface area contributed by atoms with Gasteiger partial charge in [0.15, 0.2) is 0 Å². The van der Waals surface area contributed by atoms with Gasteiger partial charge >= 0.3 is 6.18 Å². The fourth-order valence-corrected chi connectivity index (χ4v) is 4.09. The predicted molar refractivity (Wildman–Crippen MR) is 124 cm³/mol. The van der Waals surface area contributed by atoms with E-state index in [0.29, 0.717) is 38.3 Å². The lowest BCUT2D eigenvalue weighted by Crippen LogP contribution is -2.46. The van der Waals surface area contributed by atoms with Crippen LogP contribution in [0.5, 0.6) is 0 Å². The van der Waals surface area contributed by atoms with Gasteiger partial charge in [-0.15, -0.1) is 0 Å². The van der Waals surface area contributed by atoms with E-state index in [9.17, 15) is 18.0 Å². The summed E-state index contributed by atoms with van der Waals surface area (Å²) in [6.07, 6.45) is -3.89. The van der Waals surface area contributed by atoms with Crippen LogP contribution in [0.1, 0.15) is 43.9 Å². The smallest absolute Gasteiger partial charge is 0.368 e. The number of piperazine rings is 1. The standard InChI is InChI=1S/C25H32F3N3O/c1-17-13-21(14-18(2)23(17)29-22(32)16-24(3,4)5)31-11-9-30(10-12-31)20-8-6-7-19(15-20)25(26,27)28/h6-8,13-15H,9-12,16H2,1-5H3,(H,29,32). The first-order valence-corrected chi connectivity index (χ1v) is 10.9. The fourth-order valence-electron chi connectivity index (χ4n) is 4.09. The molecule has 0 aromatic heterocycles. The number of anilines is 3. The molecule has 174 valence electrons. The molecule has 7 heteroatoms. The van der Waals surface area contributed by atoms with Gasteiger partial charge in [-0.1, -0.05) is 26.8 Å². The summed E-state index contributed by atoms with van der Waals surface area (Å²) in [5.74, 6) is 0.00570. The molecule has 0 aliphatic carbocycles. The first-order valence-electron chi connectivity index (χ1n) is 10.9. The summed E-state index contributed by atoms with van der Waals surface area (Å²) in [5.41, 5.74) is 3.83. The SMILES string of the molecule is Cc1cc(N2CCN(c3cccc(C(F)(F)F)c3)CC2)cc(C)c1NC(=O)CC(C)(C)C. The Labute approximate surface area is 188 Å². The van der Waals surface area contributed by atoms with E-state index in [2.05, 4.69) is 22.3 Å². The molecule has 1 saturated heterocycles. The molecule has 0 radical (unpaired) electrons. The van der Waals surface area contributed by atoms with Crippen LogP contribution in [0.4, 0.5) is 30.2 Å². The normalized spacial score (nSPS) is 15.1. The molecule has 1 aliphatic heterocycles. The highest BCUT2D eigenvalue weighted by molar-refractivity contribution is 5.93. The average Bonchev–Trinajstić information content (AvgIpc) is 2.69. The molecule has 3 rings (SSSR count). The highest BCUT2D eigenvalue weighted by atomic mass is 19.4. The molecule has 2 aromatic rings. The number of aryl methyl sites for hydroxylation is 2. The minimum atomic E-state index is -4.34. The Morgan fingerprint density at radius 2 is 1.44 bits per heavy atom. The van der Waals surface area contributed by atoms with Crippen molar-refractivity contribution >= 4 is 23.0 Å². The molecule has 0 bridgehead atoms. The van der Waals surface area contributed by atoms with E-state index in [-0.39, 0.29) is 11.3 Å². The highest BCUT2D eigenvalue weighted by Crippen LogP contribution is 2.33. The summed E-state index contributed by atoms with van der Waals surface area (Å²) in [5, 5.41) is 3.05. The topological polar surface area (TPSA) is 35.6 Å². The molecule has 32 heavy (non-hydrogen) atoms. The van der Waals surface area contributed by atoms with E-state index in [1.807, 2.05) is 39.5 Å². The van der Waals surface area contributed by atoms with Crippen molar-refractivity contribution in [2.45, 2.75) is 47.2 Å². The zero-order valence-corrected chi connectivity index (χ0v) is 19.4. The Balaban J connectivity index is 1.68. The molecule has 0 spiro atoms. The van der Waals surface area contributed by atoms with Crippen molar-refractivity contribution in [3.05, 3.63) is 53.1 Å². The average molecular weight is 448 g/mol. The number of alkyl halides is 3. The first kappa shape index (κ1) is 24.0. The van der Waals surface area contributed by atoms with Crippen LogP contribution in [0.2, 0.25) is 0 Å². The number of nitrogens with zero attached hydrogens (tertiary/aromatic N) is 2. The minimum Gasteiger partial charge on any atom is -0.368 e. The van der Waals surface area contributed by atoms with E-state index < -0.39 is 11.7 Å². The van der Waals surface area contributed by atoms with Crippen molar-refractivity contribution in [3.8, 4) is 0 Å². The zero-order chi connectivity index (χ0) is 23.7. The van der Waals surface area contributed by atoms with Crippen LogP contribution in [-0.4, -0.2) is 32.1 Å². The van der Waals surface area contributed by atoms with E-state index >= 15 is 0 Å². The Morgan fingerprint density at radius 3 is 1.94 bits per heavy atom. The number of carbonyl (C=O) groups is 1. The van der Waals surface area contributed by atoms with Gasteiger partial charge < -0.3 is 15.1 Å². The van der Waals surface area contributed by atoms with Crippen LogP contribution in [0.15, 0.2) is 36.4 Å². The quantitative estimate of drug-likeness (QED) is 0.622. The summed E-state index contributed by atoms with van der Waals surface area (Å²) in [7, 11) is 0. The molecule has 4 nitrogen and oxygen atoms in total. The maximum absolute atomic E-state index is 13.0. The van der Waals surface area contributed by atoms with Gasteiger partial charge in [0, 0.05) is 49.7 Å². The van der Waals surface area contributed by atoms with E-state index in [4.69, 9.17) is 0 Å². The highest BCUT2D eigenvalue weighted by Gasteiger charge is 2.31. The number of benzene rings is 2. The fraction of sp³-hybridized carbons (Fsp3) is 0.480. The number of carbonyl (C=O) groups excluding carboxylic acids is 1. The van der Waals surface area contributed by atoms with Crippen LogP contribution >= 0.6 is 0 Å². The van der Waals surface area contributed by atoms with Gasteiger partial charge in [-0.05, 0) is 60.7 Å². The summed E-state index contributed by atoms with van der Waals surface area (Å²) in [6.45, 7) is 12.8. The van der Waals surface area contributed by atoms with Crippen molar-refractivity contribution in [1.29, 1.82) is 0 Å². The Kier molecular flexibility index (Phi) is 6.77. The van der Waals surface area contributed by atoms with Crippen LogP contribution in [-0.2, 0) is 11.0 Å². The third-order valence-electron chi connectivity index (χ3n) is 5.66. The number of nitrogens with one attached hydrogen (secondary N) is 1. The molecule has 1 fully saturated rings. The summed E-state index contributed by atoms with van der Waals surface area (Å²) in [6, 6.07) is 9.66. The van der Waals surface area contributed by atoms with Crippen molar-refractivity contribution in [3.63, 3.8) is 0 Å². The molecule has 1 amide bonds. The number of hydrogen-bond donors (Lipinski definition) is 1. The van der Waals surface area contributed by atoms with Gasteiger partial charge in [0.2, 0.25) is 5.91 Å².